The molecule has 1 heterocycles. The van der Waals surface area contributed by atoms with Crippen molar-refractivity contribution in [1.29, 1.82) is 0 Å². The van der Waals surface area contributed by atoms with Gasteiger partial charge in [-0.05, 0) is 59.5 Å². The van der Waals surface area contributed by atoms with Crippen LogP contribution in [-0.4, -0.2) is 6.54 Å². The number of nitrogens with one attached hydrogen (secondary N) is 1. The van der Waals surface area contributed by atoms with Gasteiger partial charge >= 0.3 is 0 Å². The number of halogens is 2. The second-order valence-electron chi connectivity index (χ2n) is 3.67. The van der Waals surface area contributed by atoms with E-state index in [1.807, 2.05) is 11.3 Å². The number of hydrogen-bond donors (Lipinski definition) is 1. The molecule has 17 heavy (non-hydrogen) atoms. The van der Waals surface area contributed by atoms with Gasteiger partial charge in [-0.2, -0.15) is 0 Å². The van der Waals surface area contributed by atoms with Crippen molar-refractivity contribution in [1.82, 2.24) is 5.32 Å². The average Bonchev–Trinajstić information content (AvgIpc) is 2.78. The second-order valence-corrected chi connectivity index (χ2v) is 6.94. The molecular formula is C13H13BrINS. The molecule has 1 nitrogen and oxygen atoms in total. The summed E-state index contributed by atoms with van der Waals surface area (Å²) in [4.78, 5) is 2.70. The van der Waals surface area contributed by atoms with Crippen LogP contribution in [0.5, 0.6) is 0 Å². The van der Waals surface area contributed by atoms with Gasteiger partial charge in [0.25, 0.3) is 0 Å². The Bertz CT molecular complexity index is 510. The van der Waals surface area contributed by atoms with Crippen molar-refractivity contribution in [3.63, 3.8) is 0 Å². The lowest BCUT2D eigenvalue weighted by Gasteiger charge is -2.02. The van der Waals surface area contributed by atoms with Crippen molar-refractivity contribution in [3.05, 3.63) is 43.3 Å². The number of thiophene rings is 1. The van der Waals surface area contributed by atoms with Gasteiger partial charge in [0.2, 0.25) is 0 Å². The summed E-state index contributed by atoms with van der Waals surface area (Å²) in [6.07, 6.45) is 0. The number of benzene rings is 1. The molecule has 0 aliphatic heterocycles. The van der Waals surface area contributed by atoms with Crippen molar-refractivity contribution < 1.29 is 0 Å². The predicted octanol–water partition coefficient (Wildman–Crippen LogP) is 4.89. The Morgan fingerprint density at radius 2 is 2.12 bits per heavy atom. The zero-order valence-electron chi connectivity index (χ0n) is 9.47. The summed E-state index contributed by atoms with van der Waals surface area (Å²) >= 11 is 7.82. The van der Waals surface area contributed by atoms with Gasteiger partial charge in [0.1, 0.15) is 0 Å². The van der Waals surface area contributed by atoms with E-state index in [-0.39, 0.29) is 0 Å². The molecule has 90 valence electrons. The summed E-state index contributed by atoms with van der Waals surface area (Å²) in [7, 11) is 0. The highest BCUT2D eigenvalue weighted by Crippen LogP contribution is 2.34. The molecule has 0 saturated heterocycles. The van der Waals surface area contributed by atoms with E-state index < -0.39 is 0 Å². The van der Waals surface area contributed by atoms with Crippen LogP contribution in [0.15, 0.2) is 34.8 Å². The zero-order chi connectivity index (χ0) is 12.3. The molecule has 0 unspecified atom stereocenters. The monoisotopic (exact) mass is 421 g/mol. The van der Waals surface area contributed by atoms with Crippen molar-refractivity contribution in [3.8, 4) is 10.4 Å². The Kier molecular flexibility index (Phi) is 5.02. The zero-order valence-corrected chi connectivity index (χ0v) is 14.0. The molecule has 0 radical (unpaired) electrons. The van der Waals surface area contributed by atoms with Crippen molar-refractivity contribution in [2.24, 2.45) is 0 Å². The van der Waals surface area contributed by atoms with Crippen LogP contribution in [0.4, 0.5) is 0 Å². The Hall–Kier alpha value is 0.0900. The fraction of sp³-hybridized carbons (Fsp3) is 0.231. The van der Waals surface area contributed by atoms with Gasteiger partial charge in [-0.25, -0.2) is 0 Å². The third-order valence-corrected chi connectivity index (χ3v) is 4.89. The first kappa shape index (κ1) is 13.5. The number of hydrogen-bond acceptors (Lipinski definition) is 2. The standard InChI is InChI=1S/C13H13BrINS/c1-2-16-8-10-4-6-13(17-10)11-7-9(15)3-5-12(11)14/h3-7,16H,2,8H2,1H3. The lowest BCUT2D eigenvalue weighted by Crippen LogP contribution is -2.10. The molecule has 0 aliphatic carbocycles. The molecule has 4 heteroatoms. The van der Waals surface area contributed by atoms with E-state index in [0.29, 0.717) is 0 Å². The van der Waals surface area contributed by atoms with E-state index in [2.05, 4.69) is 81.1 Å². The molecule has 1 aromatic carbocycles. The maximum absolute atomic E-state index is 3.62. The van der Waals surface area contributed by atoms with Crippen LogP contribution in [0.3, 0.4) is 0 Å². The van der Waals surface area contributed by atoms with E-state index in [1.165, 1.54) is 18.9 Å². The van der Waals surface area contributed by atoms with Crippen LogP contribution < -0.4 is 5.32 Å². The molecule has 0 fully saturated rings. The molecule has 0 spiro atoms. The minimum Gasteiger partial charge on any atom is -0.312 e. The average molecular weight is 422 g/mol. The van der Waals surface area contributed by atoms with Crippen molar-refractivity contribution in [2.75, 3.05) is 6.54 Å². The molecule has 0 aliphatic rings. The third-order valence-electron chi connectivity index (χ3n) is 2.40. The lowest BCUT2D eigenvalue weighted by atomic mass is 10.2. The Labute approximate surface area is 128 Å². The molecule has 0 amide bonds. The Morgan fingerprint density at radius 3 is 2.88 bits per heavy atom. The number of rotatable bonds is 4. The maximum Gasteiger partial charge on any atom is 0.0357 e. The molecule has 1 aromatic heterocycles. The largest absolute Gasteiger partial charge is 0.312 e. The highest BCUT2D eigenvalue weighted by Gasteiger charge is 2.07. The second kappa shape index (κ2) is 6.31. The van der Waals surface area contributed by atoms with Crippen molar-refractivity contribution >= 4 is 49.9 Å². The van der Waals surface area contributed by atoms with Gasteiger partial charge in [0.05, 0.1) is 0 Å². The van der Waals surface area contributed by atoms with E-state index >= 15 is 0 Å². The summed E-state index contributed by atoms with van der Waals surface area (Å²) in [5.74, 6) is 0. The van der Waals surface area contributed by atoms with E-state index in [1.54, 1.807) is 0 Å². The van der Waals surface area contributed by atoms with Gasteiger partial charge in [0, 0.05) is 29.9 Å². The van der Waals surface area contributed by atoms with Crippen LogP contribution in [0.2, 0.25) is 0 Å². The first-order chi connectivity index (χ1) is 8.20. The smallest absolute Gasteiger partial charge is 0.0357 e. The van der Waals surface area contributed by atoms with Crippen LogP contribution in [-0.2, 0) is 6.54 Å². The minimum absolute atomic E-state index is 0.961. The summed E-state index contributed by atoms with van der Waals surface area (Å²) < 4.78 is 2.43. The minimum atomic E-state index is 0.961. The van der Waals surface area contributed by atoms with Crippen molar-refractivity contribution in [2.45, 2.75) is 13.5 Å². The van der Waals surface area contributed by atoms with Gasteiger partial charge in [-0.3, -0.25) is 0 Å². The fourth-order valence-corrected chi connectivity index (χ4v) is 3.64. The van der Waals surface area contributed by atoms with Crippen LogP contribution >= 0.6 is 49.9 Å². The first-order valence-corrected chi connectivity index (χ1v) is 8.14. The summed E-state index contributed by atoms with van der Waals surface area (Å²) in [5, 5.41) is 3.35. The SMILES string of the molecule is CCNCc1ccc(-c2cc(I)ccc2Br)s1. The Balaban J connectivity index is 2.27. The quantitative estimate of drug-likeness (QED) is 0.693. The molecule has 2 rings (SSSR count). The van der Waals surface area contributed by atoms with E-state index in [9.17, 15) is 0 Å². The maximum atomic E-state index is 3.62. The highest BCUT2D eigenvalue weighted by atomic mass is 127. The van der Waals surface area contributed by atoms with E-state index in [4.69, 9.17) is 0 Å². The van der Waals surface area contributed by atoms with Crippen LogP contribution in [0, 0.1) is 3.57 Å². The van der Waals surface area contributed by atoms with Gasteiger partial charge < -0.3 is 5.32 Å². The fourth-order valence-electron chi connectivity index (χ4n) is 1.55. The van der Waals surface area contributed by atoms with Crippen LogP contribution in [0.1, 0.15) is 11.8 Å². The van der Waals surface area contributed by atoms with Gasteiger partial charge in [0.15, 0.2) is 0 Å². The molecule has 1 N–H and O–H groups in total. The molecular weight excluding hydrogens is 409 g/mol. The predicted molar refractivity (Wildman–Crippen MR) is 87.6 cm³/mol. The van der Waals surface area contributed by atoms with Gasteiger partial charge in [-0.1, -0.05) is 22.9 Å². The topological polar surface area (TPSA) is 12.0 Å². The van der Waals surface area contributed by atoms with Crippen LogP contribution in [0.25, 0.3) is 10.4 Å². The summed E-state index contributed by atoms with van der Waals surface area (Å²) in [6.45, 7) is 4.10. The van der Waals surface area contributed by atoms with E-state index in [0.717, 1.165) is 17.6 Å². The molecule has 0 bridgehead atoms. The molecule has 0 saturated carbocycles. The Morgan fingerprint density at radius 1 is 1.29 bits per heavy atom. The normalized spacial score (nSPS) is 10.8. The van der Waals surface area contributed by atoms with Gasteiger partial charge in [-0.15, -0.1) is 11.3 Å². The molecule has 0 atom stereocenters. The lowest BCUT2D eigenvalue weighted by molar-refractivity contribution is 0.735. The summed E-state index contributed by atoms with van der Waals surface area (Å²) in [5.41, 5.74) is 1.28. The first-order valence-electron chi connectivity index (χ1n) is 5.45. The molecule has 2 aromatic rings. The highest BCUT2D eigenvalue weighted by molar-refractivity contribution is 14.1. The summed E-state index contributed by atoms with van der Waals surface area (Å²) in [6, 6.07) is 10.8. The third kappa shape index (κ3) is 3.53.